The molecule has 1 aromatic rings. The zero-order valence-corrected chi connectivity index (χ0v) is 11.7. The van der Waals surface area contributed by atoms with Crippen molar-refractivity contribution in [1.82, 2.24) is 0 Å². The largest absolute Gasteiger partial charge is 0.387 e. The molecule has 0 aliphatic heterocycles. The summed E-state index contributed by atoms with van der Waals surface area (Å²) in [6.07, 6.45) is -0.0209. The lowest BCUT2D eigenvalue weighted by Crippen LogP contribution is -2.16. The van der Waals surface area contributed by atoms with E-state index in [1.807, 2.05) is 12.1 Å². The third-order valence-corrected chi connectivity index (χ3v) is 3.19. The van der Waals surface area contributed by atoms with Crippen LogP contribution in [0.1, 0.15) is 18.1 Å². The van der Waals surface area contributed by atoms with Gasteiger partial charge in [0.25, 0.3) is 0 Å². The summed E-state index contributed by atoms with van der Waals surface area (Å²) in [5, 5.41) is 10.6. The van der Waals surface area contributed by atoms with Crippen LogP contribution in [0.3, 0.4) is 0 Å². The van der Waals surface area contributed by atoms with Crippen LogP contribution in [0, 0.1) is 11.5 Å². The van der Waals surface area contributed by atoms with Gasteiger partial charge in [-0.1, -0.05) is 43.4 Å². The van der Waals surface area contributed by atoms with Gasteiger partial charge < -0.3 is 5.11 Å². The summed E-state index contributed by atoms with van der Waals surface area (Å²) in [4.78, 5) is 0. The predicted molar refractivity (Wildman–Crippen MR) is 72.2 cm³/mol. The molecule has 0 spiro atoms. The lowest BCUT2D eigenvalue weighted by Gasteiger charge is -2.08. The number of halogens is 1. The predicted octanol–water partition coefficient (Wildman–Crippen LogP) is 3.64. The van der Waals surface area contributed by atoms with Gasteiger partial charge in [0.15, 0.2) is 0 Å². The maximum Gasteiger partial charge on any atom is 0.129 e. The zero-order valence-electron chi connectivity index (χ0n) is 9.92. The Morgan fingerprint density at radius 2 is 1.81 bits per heavy atom. The fraction of sp³-hybridized carbons (Fsp3) is 0.385. The number of aliphatic hydroxyl groups is 1. The first-order chi connectivity index (χ1) is 7.38. The molecule has 0 saturated carbocycles. The number of rotatable bonds is 2. The summed E-state index contributed by atoms with van der Waals surface area (Å²) < 4.78 is 0. The maximum atomic E-state index is 9.88. The van der Waals surface area contributed by atoms with Gasteiger partial charge in [-0.2, -0.15) is 0 Å². The van der Waals surface area contributed by atoms with Crippen LogP contribution in [-0.4, -0.2) is 13.2 Å². The molecule has 1 unspecified atom stereocenters. The summed E-state index contributed by atoms with van der Waals surface area (Å²) in [7, 11) is -1.33. The highest BCUT2D eigenvalue weighted by atomic mass is 35.5. The minimum absolute atomic E-state index is 0.492. The molecule has 0 fully saturated rings. The van der Waals surface area contributed by atoms with Gasteiger partial charge in [0, 0.05) is 11.4 Å². The smallest absolute Gasteiger partial charge is 0.129 e. The minimum atomic E-state index is -1.33. The van der Waals surface area contributed by atoms with Crippen LogP contribution in [0.15, 0.2) is 24.3 Å². The number of aliphatic hydroxyl groups excluding tert-OH is 1. The van der Waals surface area contributed by atoms with Crippen molar-refractivity contribution in [3.63, 3.8) is 0 Å². The van der Waals surface area contributed by atoms with E-state index in [9.17, 15) is 5.11 Å². The van der Waals surface area contributed by atoms with Crippen molar-refractivity contribution in [1.29, 1.82) is 0 Å². The molecule has 0 aliphatic rings. The van der Waals surface area contributed by atoms with E-state index in [0.29, 0.717) is 11.4 Å². The molecule has 1 nitrogen and oxygen atoms in total. The fourth-order valence-corrected chi connectivity index (χ4v) is 1.97. The molecule has 1 aromatic carbocycles. The second-order valence-electron chi connectivity index (χ2n) is 4.82. The molecule has 3 heteroatoms. The molecule has 0 aromatic heterocycles. The van der Waals surface area contributed by atoms with Crippen molar-refractivity contribution in [2.45, 2.75) is 32.2 Å². The summed E-state index contributed by atoms with van der Waals surface area (Å²) in [5.74, 6) is 3.07. The van der Waals surface area contributed by atoms with Crippen LogP contribution in [0.4, 0.5) is 0 Å². The minimum Gasteiger partial charge on any atom is -0.387 e. The van der Waals surface area contributed by atoms with Crippen molar-refractivity contribution < 1.29 is 5.11 Å². The number of benzene rings is 1. The second-order valence-corrected chi connectivity index (χ2v) is 10.0. The number of hydrogen-bond donors (Lipinski definition) is 1. The molecular weight excluding hydrogens is 236 g/mol. The molecule has 0 radical (unpaired) electrons. The molecule has 0 amide bonds. The Kier molecular flexibility index (Phi) is 4.61. The van der Waals surface area contributed by atoms with Gasteiger partial charge in [0.2, 0.25) is 0 Å². The fourth-order valence-electron chi connectivity index (χ4n) is 1.22. The van der Waals surface area contributed by atoms with Crippen LogP contribution in [0.2, 0.25) is 24.7 Å². The van der Waals surface area contributed by atoms with Crippen molar-refractivity contribution in [2.24, 2.45) is 0 Å². The molecule has 1 atom stereocenters. The Morgan fingerprint density at radius 1 is 1.25 bits per heavy atom. The van der Waals surface area contributed by atoms with E-state index in [-0.39, 0.29) is 0 Å². The summed E-state index contributed by atoms with van der Waals surface area (Å²) >= 11 is 5.78. The van der Waals surface area contributed by atoms with Gasteiger partial charge in [-0.25, -0.2) is 0 Å². The second kappa shape index (κ2) is 5.54. The van der Waals surface area contributed by atoms with Gasteiger partial charge in [-0.15, -0.1) is 11.5 Å². The monoisotopic (exact) mass is 252 g/mol. The van der Waals surface area contributed by atoms with Gasteiger partial charge in [0.1, 0.15) is 8.07 Å². The Balaban J connectivity index is 2.62. The zero-order chi connectivity index (χ0) is 12.2. The SMILES string of the molecule is C[Si](C)(C)C#CCC(O)c1ccc(Cl)cc1. The Labute approximate surface area is 103 Å². The Hall–Kier alpha value is -0.753. The molecule has 1 rings (SSSR count). The Morgan fingerprint density at radius 3 is 2.31 bits per heavy atom. The van der Waals surface area contributed by atoms with Gasteiger partial charge >= 0.3 is 0 Å². The maximum absolute atomic E-state index is 9.88. The van der Waals surface area contributed by atoms with Crippen molar-refractivity contribution in [2.75, 3.05) is 0 Å². The first kappa shape index (κ1) is 13.3. The van der Waals surface area contributed by atoms with E-state index < -0.39 is 14.2 Å². The van der Waals surface area contributed by atoms with Crippen LogP contribution < -0.4 is 0 Å². The quantitative estimate of drug-likeness (QED) is 0.629. The lowest BCUT2D eigenvalue weighted by atomic mass is 10.1. The normalized spacial score (nSPS) is 12.8. The molecular formula is C13H17ClOSi. The van der Waals surface area contributed by atoms with E-state index in [0.717, 1.165) is 5.56 Å². The first-order valence-corrected chi connectivity index (χ1v) is 9.20. The van der Waals surface area contributed by atoms with E-state index in [1.54, 1.807) is 12.1 Å². The molecule has 16 heavy (non-hydrogen) atoms. The summed E-state index contributed by atoms with van der Waals surface area (Å²) in [5.41, 5.74) is 4.11. The van der Waals surface area contributed by atoms with Crippen molar-refractivity contribution in [3.8, 4) is 11.5 Å². The van der Waals surface area contributed by atoms with E-state index >= 15 is 0 Å². The van der Waals surface area contributed by atoms with Gasteiger partial charge in [-0.05, 0) is 17.7 Å². The molecule has 0 aliphatic carbocycles. The topological polar surface area (TPSA) is 20.2 Å². The average molecular weight is 253 g/mol. The van der Waals surface area contributed by atoms with E-state index in [2.05, 4.69) is 31.1 Å². The highest BCUT2D eigenvalue weighted by molar-refractivity contribution is 6.83. The lowest BCUT2D eigenvalue weighted by molar-refractivity contribution is 0.184. The highest BCUT2D eigenvalue weighted by Gasteiger charge is 2.09. The number of hydrogen-bond acceptors (Lipinski definition) is 1. The van der Waals surface area contributed by atoms with Crippen LogP contribution >= 0.6 is 11.6 Å². The Bertz CT molecular complexity index is 395. The standard InChI is InChI=1S/C13H17ClOSi/c1-16(2,3)10-4-5-13(15)11-6-8-12(14)9-7-11/h6-9,13,15H,5H2,1-3H3. The molecule has 0 saturated heterocycles. The third-order valence-electron chi connectivity index (χ3n) is 2.01. The third kappa shape index (κ3) is 4.85. The average Bonchev–Trinajstić information content (AvgIpc) is 2.16. The van der Waals surface area contributed by atoms with Crippen LogP contribution in [-0.2, 0) is 0 Å². The van der Waals surface area contributed by atoms with E-state index in [1.165, 1.54) is 0 Å². The highest BCUT2D eigenvalue weighted by Crippen LogP contribution is 2.18. The first-order valence-electron chi connectivity index (χ1n) is 5.32. The summed E-state index contributed by atoms with van der Waals surface area (Å²) in [6, 6.07) is 7.24. The van der Waals surface area contributed by atoms with E-state index in [4.69, 9.17) is 11.6 Å². The van der Waals surface area contributed by atoms with Gasteiger partial charge in [-0.3, -0.25) is 0 Å². The molecule has 0 heterocycles. The summed E-state index contributed by atoms with van der Waals surface area (Å²) in [6.45, 7) is 6.57. The van der Waals surface area contributed by atoms with Crippen molar-refractivity contribution in [3.05, 3.63) is 34.9 Å². The van der Waals surface area contributed by atoms with Gasteiger partial charge in [0.05, 0.1) is 6.10 Å². The molecule has 1 N–H and O–H groups in total. The van der Waals surface area contributed by atoms with Crippen LogP contribution in [0.5, 0.6) is 0 Å². The van der Waals surface area contributed by atoms with Crippen molar-refractivity contribution >= 4 is 19.7 Å². The van der Waals surface area contributed by atoms with Crippen LogP contribution in [0.25, 0.3) is 0 Å². The molecule has 0 bridgehead atoms. The molecule has 86 valence electrons.